The van der Waals surface area contributed by atoms with Crippen LogP contribution in [0.3, 0.4) is 0 Å². The lowest BCUT2D eigenvalue weighted by Crippen LogP contribution is -2.32. The van der Waals surface area contributed by atoms with Gasteiger partial charge in [-0.05, 0) is 56.8 Å². The van der Waals surface area contributed by atoms with E-state index in [0.29, 0.717) is 5.82 Å². The van der Waals surface area contributed by atoms with Crippen LogP contribution in [0.2, 0.25) is 0 Å². The monoisotopic (exact) mass is 688 g/mol. The van der Waals surface area contributed by atoms with Crippen molar-refractivity contribution in [2.24, 2.45) is 0 Å². The van der Waals surface area contributed by atoms with Crippen molar-refractivity contribution < 1.29 is 4.74 Å². The standard InChI is InChI=1S/C51H32N2O/c1-2-16-34(17-3-1)46-32-47(36-30-29-33-15-4-5-18-35(33)31-36)53-50(52-46)41-22-7-6-19-37(41)40-23-14-27-45-49(40)54-48-28-13-12-26-44(48)51(45)42-24-10-8-20-38(42)39-21-9-11-25-43(39)51/h1-32H. The van der Waals surface area contributed by atoms with Gasteiger partial charge in [0, 0.05) is 33.4 Å². The van der Waals surface area contributed by atoms with Crippen molar-refractivity contribution in [3.8, 4) is 67.7 Å². The highest BCUT2D eigenvalue weighted by Gasteiger charge is 2.51. The SMILES string of the molecule is c1ccc(-c2cc(-c3ccc4ccccc4c3)nc(-c3ccccc3-c3cccc4c3Oc3ccccc3C43c4ccccc4-c4ccccc43)n2)cc1. The quantitative estimate of drug-likeness (QED) is 0.185. The average molecular weight is 689 g/mol. The van der Waals surface area contributed by atoms with Crippen molar-refractivity contribution in [1.29, 1.82) is 0 Å². The maximum absolute atomic E-state index is 7.06. The van der Waals surface area contributed by atoms with E-state index in [9.17, 15) is 0 Å². The van der Waals surface area contributed by atoms with Crippen LogP contribution in [-0.2, 0) is 5.41 Å². The number of benzene rings is 8. The van der Waals surface area contributed by atoms with Crippen LogP contribution < -0.4 is 4.74 Å². The fraction of sp³-hybridized carbons (Fsp3) is 0.0196. The van der Waals surface area contributed by atoms with Gasteiger partial charge in [0.25, 0.3) is 0 Å². The average Bonchev–Trinajstić information content (AvgIpc) is 3.54. The van der Waals surface area contributed by atoms with Crippen LogP contribution in [0.25, 0.3) is 66.9 Å². The minimum Gasteiger partial charge on any atom is -0.456 e. The molecular formula is C51H32N2O. The minimum absolute atomic E-state index is 0.546. The zero-order valence-corrected chi connectivity index (χ0v) is 29.3. The van der Waals surface area contributed by atoms with Crippen LogP contribution in [0.1, 0.15) is 22.3 Å². The fourth-order valence-corrected chi connectivity index (χ4v) is 8.82. The molecule has 0 N–H and O–H groups in total. The van der Waals surface area contributed by atoms with E-state index in [1.54, 1.807) is 0 Å². The summed E-state index contributed by atoms with van der Waals surface area (Å²) in [5.74, 6) is 2.38. The van der Waals surface area contributed by atoms with Crippen molar-refractivity contribution in [3.05, 3.63) is 216 Å². The van der Waals surface area contributed by atoms with E-state index >= 15 is 0 Å². The molecule has 2 heterocycles. The number of hydrogen-bond acceptors (Lipinski definition) is 3. The van der Waals surface area contributed by atoms with Gasteiger partial charge in [-0.2, -0.15) is 0 Å². The molecule has 252 valence electrons. The zero-order chi connectivity index (χ0) is 35.6. The molecule has 54 heavy (non-hydrogen) atoms. The van der Waals surface area contributed by atoms with E-state index in [2.05, 4.69) is 188 Å². The number of ether oxygens (including phenoxy) is 1. The molecule has 0 saturated heterocycles. The van der Waals surface area contributed by atoms with Gasteiger partial charge >= 0.3 is 0 Å². The van der Waals surface area contributed by atoms with Gasteiger partial charge in [0.15, 0.2) is 5.82 Å². The fourth-order valence-electron chi connectivity index (χ4n) is 8.82. The lowest BCUT2D eigenvalue weighted by atomic mass is 9.65. The number of nitrogens with zero attached hydrogens (tertiary/aromatic N) is 2. The number of fused-ring (bicyclic) bond motifs is 10. The van der Waals surface area contributed by atoms with Gasteiger partial charge in [-0.3, -0.25) is 0 Å². The van der Waals surface area contributed by atoms with Gasteiger partial charge in [0.2, 0.25) is 0 Å². The highest BCUT2D eigenvalue weighted by atomic mass is 16.5. The predicted molar refractivity (Wildman–Crippen MR) is 219 cm³/mol. The molecular weight excluding hydrogens is 657 g/mol. The maximum Gasteiger partial charge on any atom is 0.161 e. The third-order valence-electron chi connectivity index (χ3n) is 11.2. The Bertz CT molecular complexity index is 2880. The molecule has 3 nitrogen and oxygen atoms in total. The summed E-state index contributed by atoms with van der Waals surface area (Å²) in [5.41, 5.74) is 13.6. The van der Waals surface area contributed by atoms with E-state index in [0.717, 1.165) is 61.8 Å². The molecule has 1 aliphatic heterocycles. The Hall–Kier alpha value is -7.10. The van der Waals surface area contributed by atoms with Crippen molar-refractivity contribution in [2.45, 2.75) is 5.41 Å². The van der Waals surface area contributed by atoms with Crippen LogP contribution >= 0.6 is 0 Å². The molecule has 8 aromatic carbocycles. The van der Waals surface area contributed by atoms with Crippen LogP contribution in [-0.4, -0.2) is 9.97 Å². The highest BCUT2D eigenvalue weighted by Crippen LogP contribution is 2.63. The summed E-state index contributed by atoms with van der Waals surface area (Å²) in [6.45, 7) is 0. The summed E-state index contributed by atoms with van der Waals surface area (Å²) >= 11 is 0. The summed E-state index contributed by atoms with van der Waals surface area (Å²) < 4.78 is 7.06. The number of aromatic nitrogens is 2. The number of rotatable bonds is 4. The molecule has 1 spiro atoms. The first kappa shape index (κ1) is 30.5. The minimum atomic E-state index is -0.546. The Balaban J connectivity index is 1.15. The molecule has 1 aromatic heterocycles. The maximum atomic E-state index is 7.06. The van der Waals surface area contributed by atoms with E-state index in [1.807, 2.05) is 6.07 Å². The van der Waals surface area contributed by atoms with Crippen LogP contribution in [0.15, 0.2) is 194 Å². The van der Waals surface area contributed by atoms with E-state index in [-0.39, 0.29) is 0 Å². The Morgan fingerprint density at radius 2 is 0.907 bits per heavy atom. The van der Waals surface area contributed by atoms with E-state index in [1.165, 1.54) is 33.0 Å². The highest BCUT2D eigenvalue weighted by molar-refractivity contribution is 5.93. The lowest BCUT2D eigenvalue weighted by Gasteiger charge is -2.40. The second kappa shape index (κ2) is 12.0. The number of para-hydroxylation sites is 2. The molecule has 2 aliphatic rings. The molecule has 0 unspecified atom stereocenters. The van der Waals surface area contributed by atoms with Crippen LogP contribution in [0.5, 0.6) is 11.5 Å². The van der Waals surface area contributed by atoms with Crippen molar-refractivity contribution in [3.63, 3.8) is 0 Å². The topological polar surface area (TPSA) is 35.0 Å². The molecule has 0 bridgehead atoms. The second-order valence-corrected chi connectivity index (χ2v) is 14.1. The van der Waals surface area contributed by atoms with Crippen molar-refractivity contribution in [2.75, 3.05) is 0 Å². The Labute approximate surface area is 313 Å². The first-order chi connectivity index (χ1) is 26.8. The molecule has 11 rings (SSSR count). The summed E-state index contributed by atoms with van der Waals surface area (Å²) in [6, 6.07) is 68.8. The summed E-state index contributed by atoms with van der Waals surface area (Å²) in [7, 11) is 0. The van der Waals surface area contributed by atoms with Gasteiger partial charge in [-0.25, -0.2) is 9.97 Å². The predicted octanol–water partition coefficient (Wildman–Crippen LogP) is 12.8. The van der Waals surface area contributed by atoms with Gasteiger partial charge in [0.05, 0.1) is 16.8 Å². The summed E-state index contributed by atoms with van der Waals surface area (Å²) in [5, 5.41) is 2.37. The first-order valence-corrected chi connectivity index (χ1v) is 18.4. The summed E-state index contributed by atoms with van der Waals surface area (Å²) in [6.07, 6.45) is 0. The third-order valence-corrected chi connectivity index (χ3v) is 11.2. The van der Waals surface area contributed by atoms with Crippen molar-refractivity contribution >= 4 is 10.8 Å². The van der Waals surface area contributed by atoms with Gasteiger partial charge in [-0.15, -0.1) is 0 Å². The molecule has 0 saturated carbocycles. The molecule has 3 heteroatoms. The zero-order valence-electron chi connectivity index (χ0n) is 29.3. The normalized spacial score (nSPS) is 13.1. The smallest absolute Gasteiger partial charge is 0.161 e. The molecule has 0 atom stereocenters. The largest absolute Gasteiger partial charge is 0.456 e. The Kier molecular flexibility index (Phi) is 6.77. The van der Waals surface area contributed by atoms with E-state index in [4.69, 9.17) is 14.7 Å². The lowest BCUT2D eigenvalue weighted by molar-refractivity contribution is 0.438. The van der Waals surface area contributed by atoms with Crippen molar-refractivity contribution in [1.82, 2.24) is 9.97 Å². The molecule has 1 aliphatic carbocycles. The number of hydrogen-bond donors (Lipinski definition) is 0. The molecule has 0 radical (unpaired) electrons. The Morgan fingerprint density at radius 3 is 1.67 bits per heavy atom. The van der Waals surface area contributed by atoms with E-state index < -0.39 is 5.41 Å². The van der Waals surface area contributed by atoms with Gasteiger partial charge in [-0.1, -0.05) is 176 Å². The Morgan fingerprint density at radius 1 is 0.352 bits per heavy atom. The third kappa shape index (κ3) is 4.49. The van der Waals surface area contributed by atoms with Crippen LogP contribution in [0.4, 0.5) is 0 Å². The summed E-state index contributed by atoms with van der Waals surface area (Å²) in [4.78, 5) is 10.6. The first-order valence-electron chi connectivity index (χ1n) is 18.4. The second-order valence-electron chi connectivity index (χ2n) is 14.1. The molecule has 9 aromatic rings. The van der Waals surface area contributed by atoms with Crippen LogP contribution in [0, 0.1) is 0 Å². The molecule has 0 fully saturated rings. The van der Waals surface area contributed by atoms with Gasteiger partial charge in [0.1, 0.15) is 11.5 Å². The van der Waals surface area contributed by atoms with Gasteiger partial charge < -0.3 is 4.74 Å². The molecule has 0 amide bonds.